The second kappa shape index (κ2) is 5.89. The lowest BCUT2D eigenvalue weighted by atomic mass is 9.71. The van der Waals surface area contributed by atoms with E-state index >= 15 is 0 Å². The smallest absolute Gasteiger partial charge is 0.155 e. The molecule has 100 valence electrons. The van der Waals surface area contributed by atoms with Crippen molar-refractivity contribution in [2.75, 3.05) is 0 Å². The molecule has 1 unspecified atom stereocenters. The van der Waals surface area contributed by atoms with E-state index in [9.17, 15) is 4.79 Å². The van der Waals surface area contributed by atoms with E-state index in [0.717, 1.165) is 25.3 Å². The molecule has 0 aromatic rings. The molecule has 1 atom stereocenters. The number of rotatable bonds is 3. The first-order valence-electron chi connectivity index (χ1n) is 6.90. The van der Waals surface area contributed by atoms with Gasteiger partial charge in [0.25, 0.3) is 0 Å². The van der Waals surface area contributed by atoms with Crippen molar-refractivity contribution < 1.29 is 4.79 Å². The van der Waals surface area contributed by atoms with E-state index in [2.05, 4.69) is 45.3 Å². The summed E-state index contributed by atoms with van der Waals surface area (Å²) in [6.07, 6.45) is 5.57. The van der Waals surface area contributed by atoms with Gasteiger partial charge in [0.2, 0.25) is 0 Å². The van der Waals surface area contributed by atoms with Crippen LogP contribution in [0.4, 0.5) is 0 Å². The van der Waals surface area contributed by atoms with Gasteiger partial charge in [-0.15, -0.1) is 11.8 Å². The predicted octanol–water partition coefficient (Wildman–Crippen LogP) is 4.42. The van der Waals surface area contributed by atoms with Gasteiger partial charge in [0.15, 0.2) is 5.78 Å². The van der Waals surface area contributed by atoms with Crippen molar-refractivity contribution in [1.82, 2.24) is 0 Å². The molecule has 18 heavy (non-hydrogen) atoms. The Bertz CT molecular complexity index is 403. The van der Waals surface area contributed by atoms with Crippen molar-refractivity contribution in [2.24, 2.45) is 5.41 Å². The molecule has 0 saturated heterocycles. The number of allylic oxidation sites excluding steroid dienone is 2. The molecule has 0 aliphatic heterocycles. The third kappa shape index (κ3) is 4.82. The molecular weight excluding hydrogens is 236 g/mol. The van der Waals surface area contributed by atoms with Gasteiger partial charge in [0, 0.05) is 18.9 Å². The minimum atomic E-state index is -1.02. The summed E-state index contributed by atoms with van der Waals surface area (Å²) in [7, 11) is -1.02. The van der Waals surface area contributed by atoms with Crippen LogP contribution in [0.15, 0.2) is 11.6 Å². The molecule has 0 bridgehead atoms. The zero-order valence-corrected chi connectivity index (χ0v) is 13.5. The van der Waals surface area contributed by atoms with E-state index in [4.69, 9.17) is 0 Å². The van der Waals surface area contributed by atoms with E-state index in [0.29, 0.717) is 6.42 Å². The maximum absolute atomic E-state index is 11.3. The molecule has 1 aliphatic rings. The van der Waals surface area contributed by atoms with Gasteiger partial charge in [-0.2, -0.15) is 0 Å². The van der Waals surface area contributed by atoms with Crippen LogP contribution in [0.3, 0.4) is 0 Å². The number of ketones is 1. The fourth-order valence-electron chi connectivity index (χ4n) is 2.16. The van der Waals surface area contributed by atoms with Gasteiger partial charge in [-0.1, -0.05) is 32.1 Å². The van der Waals surface area contributed by atoms with Gasteiger partial charge < -0.3 is 0 Å². The molecule has 0 saturated carbocycles. The fraction of sp³-hybridized carbons (Fsp3) is 0.688. The Labute approximate surface area is 113 Å². The Morgan fingerprint density at radius 3 is 2.56 bits per heavy atom. The molecule has 0 amide bonds. The molecule has 1 rings (SSSR count). The summed E-state index contributed by atoms with van der Waals surface area (Å²) in [5.41, 5.74) is 1.44. The van der Waals surface area contributed by atoms with Crippen LogP contribution >= 0.6 is 0 Å². The van der Waals surface area contributed by atoms with Crippen molar-refractivity contribution in [2.45, 2.75) is 65.2 Å². The molecule has 0 radical (unpaired) electrons. The fourth-order valence-corrected chi connectivity index (χ4v) is 2.82. The molecule has 0 aromatic heterocycles. The summed E-state index contributed by atoms with van der Waals surface area (Å²) >= 11 is 0. The summed E-state index contributed by atoms with van der Waals surface area (Å²) in [6.45, 7) is 11.4. The Morgan fingerprint density at radius 1 is 1.33 bits per heavy atom. The number of carbonyl (C=O) groups is 1. The average molecular weight is 262 g/mol. The van der Waals surface area contributed by atoms with E-state index in [-0.39, 0.29) is 11.2 Å². The first kappa shape index (κ1) is 15.2. The largest absolute Gasteiger partial charge is 0.295 e. The monoisotopic (exact) mass is 262 g/mol. The van der Waals surface area contributed by atoms with Crippen LogP contribution < -0.4 is 0 Å². The highest BCUT2D eigenvalue weighted by atomic mass is 28.3. The zero-order valence-electron chi connectivity index (χ0n) is 12.5. The quantitative estimate of drug-likeness (QED) is 0.543. The lowest BCUT2D eigenvalue weighted by molar-refractivity contribution is -0.115. The van der Waals surface area contributed by atoms with Crippen molar-refractivity contribution in [3.63, 3.8) is 0 Å². The van der Waals surface area contributed by atoms with Gasteiger partial charge in [-0.3, -0.25) is 4.79 Å². The van der Waals surface area contributed by atoms with Crippen LogP contribution in [0.1, 0.15) is 39.5 Å². The van der Waals surface area contributed by atoms with Crippen LogP contribution in [-0.4, -0.2) is 13.9 Å². The van der Waals surface area contributed by atoms with Crippen LogP contribution in [0, 0.1) is 17.3 Å². The van der Waals surface area contributed by atoms with Crippen LogP contribution in [-0.2, 0) is 4.79 Å². The average Bonchev–Trinajstić information content (AvgIpc) is 2.22. The van der Waals surface area contributed by atoms with E-state index in [1.165, 1.54) is 5.57 Å². The third-order valence-electron chi connectivity index (χ3n) is 3.80. The Kier molecular flexibility index (Phi) is 4.98. The maximum atomic E-state index is 11.3. The normalized spacial score (nSPS) is 24.3. The Hall–Kier alpha value is -0.813. The lowest BCUT2D eigenvalue weighted by Crippen LogP contribution is -2.24. The van der Waals surface area contributed by atoms with Crippen molar-refractivity contribution in [1.29, 1.82) is 0 Å². The highest BCUT2D eigenvalue weighted by Gasteiger charge is 2.29. The van der Waals surface area contributed by atoms with Gasteiger partial charge >= 0.3 is 0 Å². The van der Waals surface area contributed by atoms with Gasteiger partial charge in [-0.05, 0) is 31.3 Å². The van der Waals surface area contributed by atoms with Gasteiger partial charge in [0.1, 0.15) is 0 Å². The molecule has 1 nitrogen and oxygen atoms in total. The molecule has 1 aliphatic carbocycles. The van der Waals surface area contributed by atoms with Crippen molar-refractivity contribution in [3.05, 3.63) is 11.6 Å². The Balaban J connectivity index is 2.48. The summed E-state index contributed by atoms with van der Waals surface area (Å²) in [6, 6.07) is 1.09. The summed E-state index contributed by atoms with van der Waals surface area (Å²) in [4.78, 5) is 11.3. The molecule has 0 spiro atoms. The number of hydrogen-bond acceptors (Lipinski definition) is 1. The van der Waals surface area contributed by atoms with E-state index in [1.54, 1.807) is 0 Å². The minimum Gasteiger partial charge on any atom is -0.295 e. The maximum Gasteiger partial charge on any atom is 0.155 e. The lowest BCUT2D eigenvalue weighted by Gasteiger charge is -2.33. The number of hydrogen-bond donors (Lipinski definition) is 0. The predicted molar refractivity (Wildman–Crippen MR) is 81.3 cm³/mol. The summed E-state index contributed by atoms with van der Waals surface area (Å²) < 4.78 is 0. The topological polar surface area (TPSA) is 17.1 Å². The van der Waals surface area contributed by atoms with Crippen LogP contribution in [0.25, 0.3) is 0 Å². The molecule has 2 heteroatoms. The highest BCUT2D eigenvalue weighted by Crippen LogP contribution is 2.39. The molecule has 0 N–H and O–H groups in total. The number of carbonyl (C=O) groups excluding carboxylic acids is 1. The summed E-state index contributed by atoms with van der Waals surface area (Å²) in [5.74, 6) is 6.94. The van der Waals surface area contributed by atoms with Crippen LogP contribution in [0.2, 0.25) is 25.7 Å². The molecule has 0 aromatic carbocycles. The molecule has 0 heterocycles. The SMILES string of the molecule is CC1=CC(=O)CCC1(C)CCC#CC[Si](C)(C)C. The second-order valence-electron chi connectivity index (χ2n) is 6.95. The summed E-state index contributed by atoms with van der Waals surface area (Å²) in [5, 5.41) is 0. The van der Waals surface area contributed by atoms with E-state index < -0.39 is 8.07 Å². The molecular formula is C16H26OSi. The van der Waals surface area contributed by atoms with Gasteiger partial charge in [0.05, 0.1) is 8.07 Å². The first-order valence-corrected chi connectivity index (χ1v) is 10.6. The highest BCUT2D eigenvalue weighted by molar-refractivity contribution is 6.76. The molecule has 0 fully saturated rings. The zero-order chi connectivity index (χ0) is 13.8. The third-order valence-corrected chi connectivity index (χ3v) is 5.04. The van der Waals surface area contributed by atoms with Crippen molar-refractivity contribution >= 4 is 13.9 Å². The standard InChI is InChI=1S/C16H26OSi/c1-14-13-15(17)9-11-16(14,2)10-7-6-8-12-18(3,4)5/h13H,7,9-12H2,1-5H3. The van der Waals surface area contributed by atoms with Gasteiger partial charge in [-0.25, -0.2) is 0 Å². The van der Waals surface area contributed by atoms with E-state index in [1.807, 2.05) is 6.08 Å². The first-order chi connectivity index (χ1) is 8.23. The minimum absolute atomic E-state index is 0.196. The Morgan fingerprint density at radius 2 is 2.00 bits per heavy atom. The van der Waals surface area contributed by atoms with Crippen molar-refractivity contribution in [3.8, 4) is 11.8 Å². The van der Waals surface area contributed by atoms with Crippen LogP contribution in [0.5, 0.6) is 0 Å². The second-order valence-corrected chi connectivity index (χ2v) is 12.4.